The number of carbonyl (C=O) groups excluding carboxylic acids is 1. The Hall–Kier alpha value is -4.27. The number of fused-ring (bicyclic) bond motifs is 1. The van der Waals surface area contributed by atoms with Crippen LogP contribution in [0.3, 0.4) is 0 Å². The Balaban J connectivity index is 1.46. The molecule has 4 rings (SSSR count). The van der Waals surface area contributed by atoms with Gasteiger partial charge in [-0.1, -0.05) is 18.2 Å². The average molecular weight is 445 g/mol. The number of hydrogen-bond acceptors (Lipinski definition) is 6. The topological polar surface area (TPSA) is 108 Å². The third kappa shape index (κ3) is 4.38. The van der Waals surface area contributed by atoms with Gasteiger partial charge in [0.25, 0.3) is 11.5 Å². The molecule has 1 aromatic carbocycles. The van der Waals surface area contributed by atoms with Gasteiger partial charge in [-0.05, 0) is 42.7 Å². The molecule has 0 aliphatic carbocycles. The molecular weight excluding hydrogens is 422 g/mol. The number of carbonyl (C=O) groups is 1. The highest BCUT2D eigenvalue weighted by molar-refractivity contribution is 5.96. The minimum Gasteiger partial charge on any atom is -0.439 e. The molecule has 33 heavy (non-hydrogen) atoms. The van der Waals surface area contributed by atoms with Crippen molar-refractivity contribution in [2.24, 2.45) is 14.1 Å². The molecule has 0 atom stereocenters. The molecule has 0 bridgehead atoms. The number of benzene rings is 1. The van der Waals surface area contributed by atoms with Gasteiger partial charge in [0, 0.05) is 39.1 Å². The van der Waals surface area contributed by atoms with Crippen molar-refractivity contribution in [2.75, 3.05) is 0 Å². The van der Waals surface area contributed by atoms with Gasteiger partial charge < -0.3 is 10.1 Å². The van der Waals surface area contributed by atoms with Crippen LogP contribution in [0.5, 0.6) is 11.6 Å². The molecule has 0 radical (unpaired) electrons. The highest BCUT2D eigenvalue weighted by Crippen LogP contribution is 2.24. The van der Waals surface area contributed by atoms with Crippen LogP contribution in [0.25, 0.3) is 11.0 Å². The van der Waals surface area contributed by atoms with E-state index in [1.54, 1.807) is 12.3 Å². The molecular formula is C24H23N5O4. The van der Waals surface area contributed by atoms with E-state index in [4.69, 9.17) is 4.74 Å². The Morgan fingerprint density at radius 1 is 1.00 bits per heavy atom. The number of aryl methyl sites for hydroxylation is 3. The van der Waals surface area contributed by atoms with Gasteiger partial charge in [0.05, 0.1) is 10.9 Å². The van der Waals surface area contributed by atoms with Crippen LogP contribution in [0, 0.1) is 13.8 Å². The first-order chi connectivity index (χ1) is 15.7. The average Bonchev–Trinajstić information content (AvgIpc) is 2.82. The summed E-state index contributed by atoms with van der Waals surface area (Å²) < 4.78 is 8.11. The maximum atomic E-state index is 12.6. The molecule has 0 saturated heterocycles. The third-order valence-electron chi connectivity index (χ3n) is 5.36. The quantitative estimate of drug-likeness (QED) is 0.505. The number of rotatable bonds is 5. The molecule has 0 spiro atoms. The fourth-order valence-corrected chi connectivity index (χ4v) is 3.38. The van der Waals surface area contributed by atoms with Gasteiger partial charge in [0.15, 0.2) is 0 Å². The van der Waals surface area contributed by atoms with Gasteiger partial charge in [-0.25, -0.2) is 14.8 Å². The summed E-state index contributed by atoms with van der Waals surface area (Å²) >= 11 is 0. The summed E-state index contributed by atoms with van der Waals surface area (Å²) in [5, 5.41) is 2.98. The van der Waals surface area contributed by atoms with Gasteiger partial charge in [-0.2, -0.15) is 0 Å². The van der Waals surface area contributed by atoms with Crippen molar-refractivity contribution < 1.29 is 9.53 Å². The molecule has 3 aromatic heterocycles. The molecule has 0 aliphatic heterocycles. The van der Waals surface area contributed by atoms with Crippen molar-refractivity contribution >= 4 is 16.9 Å². The van der Waals surface area contributed by atoms with E-state index >= 15 is 0 Å². The lowest BCUT2D eigenvalue weighted by molar-refractivity contribution is 0.0950. The molecule has 0 saturated carbocycles. The molecule has 0 unspecified atom stereocenters. The van der Waals surface area contributed by atoms with Gasteiger partial charge in [0.2, 0.25) is 5.88 Å². The van der Waals surface area contributed by atoms with E-state index in [0.717, 1.165) is 27.0 Å². The van der Waals surface area contributed by atoms with E-state index in [2.05, 4.69) is 15.3 Å². The summed E-state index contributed by atoms with van der Waals surface area (Å²) in [7, 11) is 2.91. The number of nitrogens with zero attached hydrogens (tertiary/aromatic N) is 4. The van der Waals surface area contributed by atoms with Crippen LogP contribution in [0.15, 0.2) is 58.4 Å². The summed E-state index contributed by atoms with van der Waals surface area (Å²) in [5.41, 5.74) is 2.36. The van der Waals surface area contributed by atoms with E-state index in [0.29, 0.717) is 5.88 Å². The summed E-state index contributed by atoms with van der Waals surface area (Å²) in [6.45, 7) is 4.20. The molecule has 0 fully saturated rings. The number of ether oxygens (including phenoxy) is 1. The lowest BCUT2D eigenvalue weighted by Crippen LogP contribution is -2.37. The second kappa shape index (κ2) is 8.70. The summed E-state index contributed by atoms with van der Waals surface area (Å²) in [6.07, 6.45) is 2.97. The lowest BCUT2D eigenvalue weighted by Gasteiger charge is -2.10. The number of hydrogen-bond donors (Lipinski definition) is 1. The van der Waals surface area contributed by atoms with Crippen molar-refractivity contribution in [1.29, 1.82) is 0 Å². The minimum absolute atomic E-state index is 0.196. The highest BCUT2D eigenvalue weighted by atomic mass is 16.5. The molecule has 1 N–H and O–H groups in total. The van der Waals surface area contributed by atoms with E-state index in [9.17, 15) is 14.4 Å². The van der Waals surface area contributed by atoms with Crippen molar-refractivity contribution in [3.63, 3.8) is 0 Å². The Kier molecular flexibility index (Phi) is 5.78. The second-order valence-corrected chi connectivity index (χ2v) is 7.86. The number of amides is 1. The molecule has 1 amide bonds. The van der Waals surface area contributed by atoms with Crippen molar-refractivity contribution in [3.05, 3.63) is 91.9 Å². The van der Waals surface area contributed by atoms with Gasteiger partial charge >= 0.3 is 5.69 Å². The maximum Gasteiger partial charge on any atom is 0.332 e. The van der Waals surface area contributed by atoms with Crippen LogP contribution in [0.2, 0.25) is 0 Å². The zero-order valence-corrected chi connectivity index (χ0v) is 18.7. The molecule has 3 heterocycles. The van der Waals surface area contributed by atoms with Crippen molar-refractivity contribution in [2.45, 2.75) is 20.4 Å². The number of pyridine rings is 2. The zero-order chi connectivity index (χ0) is 23.7. The third-order valence-corrected chi connectivity index (χ3v) is 5.36. The van der Waals surface area contributed by atoms with E-state index in [1.807, 2.05) is 38.1 Å². The largest absolute Gasteiger partial charge is 0.439 e. The second-order valence-electron chi connectivity index (χ2n) is 7.86. The normalized spacial score (nSPS) is 10.9. The first-order valence-electron chi connectivity index (χ1n) is 10.3. The fourth-order valence-electron chi connectivity index (χ4n) is 3.38. The Morgan fingerprint density at radius 3 is 2.52 bits per heavy atom. The minimum atomic E-state index is -0.501. The van der Waals surface area contributed by atoms with Gasteiger partial charge in [0.1, 0.15) is 11.4 Å². The van der Waals surface area contributed by atoms with Crippen LogP contribution < -0.4 is 21.3 Å². The maximum absolute atomic E-state index is 12.6. The van der Waals surface area contributed by atoms with Crippen molar-refractivity contribution in [3.8, 4) is 11.6 Å². The molecule has 4 aromatic rings. The number of aromatic nitrogens is 4. The van der Waals surface area contributed by atoms with E-state index in [1.165, 1.54) is 30.9 Å². The monoisotopic (exact) mass is 445 g/mol. The Bertz CT molecular complexity index is 1490. The van der Waals surface area contributed by atoms with Crippen LogP contribution in [0.1, 0.15) is 27.0 Å². The van der Waals surface area contributed by atoms with E-state index < -0.39 is 17.2 Å². The lowest BCUT2D eigenvalue weighted by atomic mass is 10.1. The zero-order valence-electron chi connectivity index (χ0n) is 18.7. The first-order valence-corrected chi connectivity index (χ1v) is 10.3. The van der Waals surface area contributed by atoms with Gasteiger partial charge in [-0.3, -0.25) is 18.7 Å². The Labute approximate surface area is 189 Å². The fraction of sp³-hybridized carbons (Fsp3) is 0.208. The highest BCUT2D eigenvalue weighted by Gasteiger charge is 2.13. The van der Waals surface area contributed by atoms with Crippen LogP contribution in [-0.2, 0) is 20.6 Å². The molecule has 9 nitrogen and oxygen atoms in total. The first kappa shape index (κ1) is 21.9. The van der Waals surface area contributed by atoms with Crippen LogP contribution in [0.4, 0.5) is 0 Å². The predicted octanol–water partition coefficient (Wildman–Crippen LogP) is 2.37. The van der Waals surface area contributed by atoms with E-state index in [-0.39, 0.29) is 23.1 Å². The summed E-state index contributed by atoms with van der Waals surface area (Å²) in [6, 6.07) is 11.0. The molecule has 0 aliphatic rings. The van der Waals surface area contributed by atoms with Crippen LogP contribution in [-0.4, -0.2) is 25.0 Å². The standard InChI is InChI=1S/C24H23N5O4/c1-14-5-6-15(2)19(9-14)33-20-8-7-16(11-25-20)12-27-22(30)17-10-18-21(26-13-17)28(3)24(32)29(4)23(18)31/h5-11,13H,12H2,1-4H3,(H,27,30). The predicted molar refractivity (Wildman–Crippen MR) is 124 cm³/mol. The van der Waals surface area contributed by atoms with Gasteiger partial charge in [-0.15, -0.1) is 0 Å². The summed E-state index contributed by atoms with van der Waals surface area (Å²) in [4.78, 5) is 45.5. The molecule has 168 valence electrons. The summed E-state index contributed by atoms with van der Waals surface area (Å²) in [5.74, 6) is 0.811. The van der Waals surface area contributed by atoms with Crippen molar-refractivity contribution in [1.82, 2.24) is 24.4 Å². The smallest absolute Gasteiger partial charge is 0.332 e. The SMILES string of the molecule is Cc1ccc(C)c(Oc2ccc(CNC(=O)c3cnc4c(c3)c(=O)n(C)c(=O)n4C)cn2)c1. The van der Waals surface area contributed by atoms with Crippen LogP contribution >= 0.6 is 0 Å². The number of nitrogens with one attached hydrogen (secondary N) is 1. The molecule has 9 heteroatoms. The Morgan fingerprint density at radius 2 is 1.79 bits per heavy atom.